The maximum Gasteiger partial charge on any atom is 0.256 e. The minimum absolute atomic E-state index is 0.0308. The molecule has 0 amide bonds. The summed E-state index contributed by atoms with van der Waals surface area (Å²) in [5.74, 6) is 0.135. The van der Waals surface area contributed by atoms with Crippen molar-refractivity contribution in [3.05, 3.63) is 53.1 Å². The molecule has 0 atom stereocenters. The first-order valence-corrected chi connectivity index (χ1v) is 10.6. The Bertz CT molecular complexity index is 954. The Morgan fingerprint density at radius 3 is 2.46 bits per heavy atom. The van der Waals surface area contributed by atoms with Crippen molar-refractivity contribution in [2.45, 2.75) is 24.7 Å². The molecule has 1 aromatic carbocycles. The van der Waals surface area contributed by atoms with Gasteiger partial charge < -0.3 is 4.90 Å². The van der Waals surface area contributed by atoms with E-state index in [-0.39, 0.29) is 27.9 Å². The van der Waals surface area contributed by atoms with Crippen molar-refractivity contribution in [1.82, 2.24) is 4.90 Å². The lowest BCUT2D eigenvalue weighted by atomic mass is 10.0. The predicted molar refractivity (Wildman–Crippen MR) is 92.9 cm³/mol. The molecule has 0 unspecified atom stereocenters. The zero-order chi connectivity index (χ0) is 17.5. The molecule has 0 fully saturated rings. The highest BCUT2D eigenvalue weighted by Crippen LogP contribution is 2.28. The van der Waals surface area contributed by atoms with E-state index in [4.69, 9.17) is 0 Å². The first-order chi connectivity index (χ1) is 11.2. The smallest absolute Gasteiger partial charge is 0.256 e. The van der Waals surface area contributed by atoms with Gasteiger partial charge in [0.25, 0.3) is 10.0 Å². The Balaban J connectivity index is 2.07. The zero-order valence-corrected chi connectivity index (χ0v) is 15.0. The molecule has 0 saturated heterocycles. The van der Waals surface area contributed by atoms with Gasteiger partial charge in [0.2, 0.25) is 9.84 Å². The van der Waals surface area contributed by atoms with Crippen LogP contribution in [0.4, 0.5) is 0 Å². The largest absolute Gasteiger partial charge is 0.330 e. The molecule has 0 aliphatic carbocycles. The van der Waals surface area contributed by atoms with Crippen molar-refractivity contribution in [3.63, 3.8) is 0 Å². The average Bonchev–Trinajstić information content (AvgIpc) is 2.53. The quantitative estimate of drug-likeness (QED) is 0.817. The summed E-state index contributed by atoms with van der Waals surface area (Å²) in [5.41, 5.74) is 1.03. The maximum atomic E-state index is 12.9. The van der Waals surface area contributed by atoms with Crippen LogP contribution in [0.15, 0.2) is 56.8 Å². The third-order valence-electron chi connectivity index (χ3n) is 3.97. The SMILES string of the molecule is CC(C)c1ccc(S(=O)(=O)C2=CC=CN3CCS(=O)(=O)N=C23)cc1. The molecule has 0 N–H and O–H groups in total. The van der Waals surface area contributed by atoms with Gasteiger partial charge in [-0.2, -0.15) is 0 Å². The van der Waals surface area contributed by atoms with Crippen molar-refractivity contribution in [3.8, 4) is 0 Å². The Kier molecular flexibility index (Phi) is 4.13. The number of benzene rings is 1. The van der Waals surface area contributed by atoms with Crippen LogP contribution in [-0.4, -0.2) is 39.9 Å². The summed E-state index contributed by atoms with van der Waals surface area (Å²) in [4.78, 5) is 1.58. The zero-order valence-electron chi connectivity index (χ0n) is 13.4. The van der Waals surface area contributed by atoms with E-state index in [1.165, 1.54) is 6.08 Å². The first-order valence-electron chi connectivity index (χ1n) is 7.54. The molecule has 0 bridgehead atoms. The van der Waals surface area contributed by atoms with E-state index in [1.54, 1.807) is 41.4 Å². The second-order valence-electron chi connectivity index (χ2n) is 5.99. The summed E-state index contributed by atoms with van der Waals surface area (Å²) in [6, 6.07) is 6.64. The highest BCUT2D eigenvalue weighted by Gasteiger charge is 2.34. The fourth-order valence-corrected chi connectivity index (χ4v) is 5.01. The normalized spacial score (nSPS) is 19.7. The molecule has 0 radical (unpaired) electrons. The molecule has 0 saturated carbocycles. The van der Waals surface area contributed by atoms with Gasteiger partial charge in [-0.05, 0) is 35.8 Å². The predicted octanol–water partition coefficient (Wildman–Crippen LogP) is 2.04. The van der Waals surface area contributed by atoms with Gasteiger partial charge in [0, 0.05) is 12.7 Å². The lowest BCUT2D eigenvalue weighted by Gasteiger charge is -2.28. The van der Waals surface area contributed by atoms with Gasteiger partial charge in [0.05, 0.1) is 10.6 Å². The Morgan fingerprint density at radius 2 is 1.83 bits per heavy atom. The number of amidine groups is 1. The Morgan fingerprint density at radius 1 is 1.17 bits per heavy atom. The lowest BCUT2D eigenvalue weighted by Crippen LogP contribution is -2.39. The Labute approximate surface area is 142 Å². The highest BCUT2D eigenvalue weighted by molar-refractivity contribution is 7.96. The van der Waals surface area contributed by atoms with Gasteiger partial charge in [0.15, 0.2) is 5.84 Å². The number of nitrogens with zero attached hydrogens (tertiary/aromatic N) is 2. The van der Waals surface area contributed by atoms with Gasteiger partial charge in [-0.1, -0.05) is 26.0 Å². The summed E-state index contributed by atoms with van der Waals surface area (Å²) in [5, 5.41) is 0. The van der Waals surface area contributed by atoms with Crippen molar-refractivity contribution >= 4 is 25.7 Å². The van der Waals surface area contributed by atoms with Gasteiger partial charge in [-0.25, -0.2) is 16.8 Å². The average molecular weight is 366 g/mol. The van der Waals surface area contributed by atoms with E-state index in [2.05, 4.69) is 4.40 Å². The fourth-order valence-electron chi connectivity index (χ4n) is 2.56. The number of sulfonamides is 1. The molecule has 2 aliphatic rings. The van der Waals surface area contributed by atoms with Crippen LogP contribution in [0.25, 0.3) is 0 Å². The molecular formula is C16H18N2O4S2. The molecule has 1 aromatic rings. The maximum absolute atomic E-state index is 12.9. The minimum atomic E-state index is -3.85. The van der Waals surface area contributed by atoms with E-state index in [9.17, 15) is 16.8 Å². The van der Waals surface area contributed by atoms with Crippen molar-refractivity contribution in [2.24, 2.45) is 4.40 Å². The molecule has 6 nitrogen and oxygen atoms in total. The molecule has 0 spiro atoms. The van der Waals surface area contributed by atoms with E-state index in [0.29, 0.717) is 5.92 Å². The first kappa shape index (κ1) is 16.9. The molecular weight excluding hydrogens is 348 g/mol. The second kappa shape index (κ2) is 5.86. The molecule has 3 rings (SSSR count). The van der Waals surface area contributed by atoms with Gasteiger partial charge in [-0.3, -0.25) is 0 Å². The van der Waals surface area contributed by atoms with Crippen molar-refractivity contribution in [2.75, 3.05) is 12.3 Å². The van der Waals surface area contributed by atoms with Crippen LogP contribution in [0.2, 0.25) is 0 Å². The van der Waals surface area contributed by atoms with E-state index < -0.39 is 19.9 Å². The van der Waals surface area contributed by atoms with Crippen LogP contribution in [0.1, 0.15) is 25.3 Å². The molecule has 8 heteroatoms. The molecule has 2 heterocycles. The van der Waals surface area contributed by atoms with Gasteiger partial charge >= 0.3 is 0 Å². The van der Waals surface area contributed by atoms with E-state index >= 15 is 0 Å². The van der Waals surface area contributed by atoms with E-state index in [1.807, 2.05) is 13.8 Å². The number of rotatable bonds is 3. The minimum Gasteiger partial charge on any atom is -0.330 e. The fraction of sp³-hybridized carbons (Fsp3) is 0.312. The van der Waals surface area contributed by atoms with Crippen molar-refractivity contribution < 1.29 is 16.8 Å². The van der Waals surface area contributed by atoms with Crippen LogP contribution in [-0.2, 0) is 19.9 Å². The topological polar surface area (TPSA) is 83.9 Å². The van der Waals surface area contributed by atoms with Crippen LogP contribution in [0.3, 0.4) is 0 Å². The van der Waals surface area contributed by atoms with Crippen LogP contribution in [0, 0.1) is 0 Å². The van der Waals surface area contributed by atoms with Crippen molar-refractivity contribution in [1.29, 1.82) is 0 Å². The number of hydrogen-bond acceptors (Lipinski definition) is 5. The molecule has 128 valence electrons. The third kappa shape index (κ3) is 3.03. The molecule has 24 heavy (non-hydrogen) atoms. The van der Waals surface area contributed by atoms with Gasteiger partial charge in [-0.15, -0.1) is 4.40 Å². The summed E-state index contributed by atoms with van der Waals surface area (Å²) < 4.78 is 53.1. The summed E-state index contributed by atoms with van der Waals surface area (Å²) in [6.07, 6.45) is 4.61. The van der Waals surface area contributed by atoms with Crippen LogP contribution >= 0.6 is 0 Å². The third-order valence-corrected chi connectivity index (χ3v) is 6.91. The number of hydrogen-bond donors (Lipinski definition) is 0. The Hall–Kier alpha value is -1.93. The van der Waals surface area contributed by atoms with Crippen LogP contribution in [0.5, 0.6) is 0 Å². The number of fused-ring (bicyclic) bond motifs is 1. The molecule has 2 aliphatic heterocycles. The molecule has 0 aromatic heterocycles. The number of allylic oxidation sites excluding steroid dienone is 2. The number of sulfone groups is 1. The van der Waals surface area contributed by atoms with E-state index in [0.717, 1.165) is 5.56 Å². The van der Waals surface area contributed by atoms with Gasteiger partial charge in [0.1, 0.15) is 4.91 Å². The highest BCUT2D eigenvalue weighted by atomic mass is 32.2. The second-order valence-corrected chi connectivity index (χ2v) is 9.67. The monoisotopic (exact) mass is 366 g/mol. The lowest BCUT2D eigenvalue weighted by molar-refractivity contribution is 0.546. The van der Waals surface area contributed by atoms with Crippen LogP contribution < -0.4 is 0 Å². The standard InChI is InChI=1S/C16H18N2O4S2/c1-12(2)13-5-7-14(8-6-13)24(21,22)15-4-3-9-18-10-11-23(19,20)17-16(15)18/h3-9,12H,10-11H2,1-2H3. The summed E-state index contributed by atoms with van der Waals surface area (Å²) in [7, 11) is -7.49. The summed E-state index contributed by atoms with van der Waals surface area (Å²) in [6.45, 7) is 4.24. The summed E-state index contributed by atoms with van der Waals surface area (Å²) >= 11 is 0.